The zero-order valence-electron chi connectivity index (χ0n) is 10.4. The topological polar surface area (TPSA) is 78.5 Å². The van der Waals surface area contributed by atoms with Gasteiger partial charge < -0.3 is 10.6 Å². The molecule has 100 valence electrons. The summed E-state index contributed by atoms with van der Waals surface area (Å²) in [6.07, 6.45) is 2.90. The van der Waals surface area contributed by atoms with E-state index in [1.807, 2.05) is 0 Å². The van der Waals surface area contributed by atoms with Gasteiger partial charge in [0.2, 0.25) is 15.9 Å². The van der Waals surface area contributed by atoms with Crippen molar-refractivity contribution in [3.63, 3.8) is 0 Å². The summed E-state index contributed by atoms with van der Waals surface area (Å²) in [4.78, 5) is 10.6. The lowest BCUT2D eigenvalue weighted by molar-refractivity contribution is -0.118. The van der Waals surface area contributed by atoms with E-state index >= 15 is 0 Å². The molecule has 1 aliphatic heterocycles. The Morgan fingerprint density at radius 3 is 2.35 bits per heavy atom. The molecule has 0 atom stereocenters. The van der Waals surface area contributed by atoms with Crippen molar-refractivity contribution >= 4 is 15.9 Å². The fraction of sp³-hybridized carbons (Fsp3) is 0.900. The summed E-state index contributed by atoms with van der Waals surface area (Å²) in [6.45, 7) is 3.99. The molecule has 17 heavy (non-hydrogen) atoms. The number of carbonyl (C=O) groups is 1. The van der Waals surface area contributed by atoms with Gasteiger partial charge in [0.15, 0.2) is 0 Å². The first-order valence-corrected chi connectivity index (χ1v) is 7.67. The molecule has 0 aliphatic carbocycles. The number of amides is 1. The molecule has 0 aromatic carbocycles. The molecule has 1 aliphatic rings. The van der Waals surface area contributed by atoms with Crippen molar-refractivity contribution in [2.24, 2.45) is 0 Å². The number of nitrogens with zero attached hydrogens (tertiary/aromatic N) is 1. The highest BCUT2D eigenvalue weighted by Gasteiger charge is 2.24. The Kier molecular flexibility index (Phi) is 5.35. The monoisotopic (exact) mass is 263 g/mol. The maximum atomic E-state index is 11.3. The summed E-state index contributed by atoms with van der Waals surface area (Å²) in [5.74, 6) is -0.0290. The standard InChI is InChI=1S/C10H21N3O3S/c1-9(14)11-5-6-12-10-3-7-13(8-4-10)17(2,15)16/h10,12H,3-8H2,1-2H3,(H,11,14). The molecule has 0 unspecified atom stereocenters. The third-order valence-electron chi connectivity index (χ3n) is 2.85. The zero-order chi connectivity index (χ0) is 12.9. The number of hydrogen-bond donors (Lipinski definition) is 2. The minimum Gasteiger partial charge on any atom is -0.355 e. The first kappa shape index (κ1) is 14.4. The predicted molar refractivity (Wildman–Crippen MR) is 66.1 cm³/mol. The minimum absolute atomic E-state index is 0.0290. The fourth-order valence-electron chi connectivity index (χ4n) is 1.91. The van der Waals surface area contributed by atoms with Gasteiger partial charge in [0.05, 0.1) is 6.26 Å². The normalized spacial score (nSPS) is 19.2. The van der Waals surface area contributed by atoms with Crippen LogP contribution in [0.15, 0.2) is 0 Å². The Labute approximate surface area is 103 Å². The van der Waals surface area contributed by atoms with Crippen LogP contribution in [0.1, 0.15) is 19.8 Å². The summed E-state index contributed by atoms with van der Waals surface area (Å²) < 4.78 is 24.1. The lowest BCUT2D eigenvalue weighted by Crippen LogP contribution is -2.46. The van der Waals surface area contributed by atoms with Gasteiger partial charge in [0, 0.05) is 39.1 Å². The van der Waals surface area contributed by atoms with E-state index in [0.29, 0.717) is 25.7 Å². The second-order valence-electron chi connectivity index (χ2n) is 4.37. The Hall–Kier alpha value is -0.660. The van der Waals surface area contributed by atoms with Gasteiger partial charge in [-0.25, -0.2) is 12.7 Å². The smallest absolute Gasteiger partial charge is 0.216 e. The molecule has 1 saturated heterocycles. The molecular weight excluding hydrogens is 242 g/mol. The van der Waals surface area contributed by atoms with Gasteiger partial charge in [-0.05, 0) is 12.8 Å². The Morgan fingerprint density at radius 1 is 1.29 bits per heavy atom. The predicted octanol–water partition coefficient (Wildman–Crippen LogP) is -0.864. The van der Waals surface area contributed by atoms with Crippen molar-refractivity contribution in [2.45, 2.75) is 25.8 Å². The molecule has 0 bridgehead atoms. The molecule has 0 aromatic rings. The molecule has 1 heterocycles. The van der Waals surface area contributed by atoms with Gasteiger partial charge in [0.25, 0.3) is 0 Å². The van der Waals surface area contributed by atoms with Crippen molar-refractivity contribution in [1.29, 1.82) is 0 Å². The molecule has 1 fully saturated rings. The van der Waals surface area contributed by atoms with Gasteiger partial charge in [-0.1, -0.05) is 0 Å². The van der Waals surface area contributed by atoms with Crippen LogP contribution in [0.25, 0.3) is 0 Å². The lowest BCUT2D eigenvalue weighted by Gasteiger charge is -2.30. The van der Waals surface area contributed by atoms with E-state index < -0.39 is 10.0 Å². The number of piperidine rings is 1. The molecule has 0 spiro atoms. The van der Waals surface area contributed by atoms with E-state index in [2.05, 4.69) is 10.6 Å². The van der Waals surface area contributed by atoms with Gasteiger partial charge in [-0.15, -0.1) is 0 Å². The maximum absolute atomic E-state index is 11.3. The van der Waals surface area contributed by atoms with Crippen LogP contribution >= 0.6 is 0 Å². The van der Waals surface area contributed by atoms with Crippen molar-refractivity contribution in [3.05, 3.63) is 0 Å². The quantitative estimate of drug-likeness (QED) is 0.633. The number of sulfonamides is 1. The van der Waals surface area contributed by atoms with Gasteiger partial charge >= 0.3 is 0 Å². The summed E-state index contributed by atoms with van der Waals surface area (Å²) in [7, 11) is -3.04. The number of hydrogen-bond acceptors (Lipinski definition) is 4. The number of nitrogens with one attached hydrogen (secondary N) is 2. The number of carbonyl (C=O) groups excluding carboxylic acids is 1. The maximum Gasteiger partial charge on any atom is 0.216 e. The van der Waals surface area contributed by atoms with Gasteiger partial charge in [-0.3, -0.25) is 4.79 Å². The van der Waals surface area contributed by atoms with E-state index in [4.69, 9.17) is 0 Å². The second-order valence-corrected chi connectivity index (χ2v) is 6.36. The van der Waals surface area contributed by atoms with E-state index in [-0.39, 0.29) is 5.91 Å². The van der Waals surface area contributed by atoms with Crippen LogP contribution in [0.3, 0.4) is 0 Å². The van der Waals surface area contributed by atoms with E-state index in [1.165, 1.54) is 17.5 Å². The molecule has 1 amide bonds. The highest BCUT2D eigenvalue weighted by molar-refractivity contribution is 7.88. The Balaban J connectivity index is 2.17. The van der Waals surface area contributed by atoms with E-state index in [1.54, 1.807) is 0 Å². The van der Waals surface area contributed by atoms with Crippen LogP contribution in [-0.2, 0) is 14.8 Å². The average molecular weight is 263 g/mol. The molecule has 0 saturated carbocycles. The largest absolute Gasteiger partial charge is 0.355 e. The highest BCUT2D eigenvalue weighted by atomic mass is 32.2. The fourth-order valence-corrected chi connectivity index (χ4v) is 2.78. The third-order valence-corrected chi connectivity index (χ3v) is 4.16. The third kappa shape index (κ3) is 5.47. The van der Waals surface area contributed by atoms with Crippen molar-refractivity contribution < 1.29 is 13.2 Å². The summed E-state index contributed by atoms with van der Waals surface area (Å²) in [6, 6.07) is 0.349. The van der Waals surface area contributed by atoms with Crippen LogP contribution < -0.4 is 10.6 Å². The molecule has 1 rings (SSSR count). The molecule has 6 nitrogen and oxygen atoms in total. The second kappa shape index (κ2) is 6.32. The summed E-state index contributed by atoms with van der Waals surface area (Å²) >= 11 is 0. The molecule has 7 heteroatoms. The van der Waals surface area contributed by atoms with Crippen LogP contribution in [0.4, 0.5) is 0 Å². The van der Waals surface area contributed by atoms with Crippen molar-refractivity contribution in [1.82, 2.24) is 14.9 Å². The van der Waals surface area contributed by atoms with Gasteiger partial charge in [0.1, 0.15) is 0 Å². The van der Waals surface area contributed by atoms with Crippen molar-refractivity contribution in [2.75, 3.05) is 32.4 Å². The summed E-state index contributed by atoms with van der Waals surface area (Å²) in [5.41, 5.74) is 0. The lowest BCUT2D eigenvalue weighted by atomic mass is 10.1. The highest BCUT2D eigenvalue weighted by Crippen LogP contribution is 2.12. The van der Waals surface area contributed by atoms with Crippen LogP contribution in [0.5, 0.6) is 0 Å². The zero-order valence-corrected chi connectivity index (χ0v) is 11.2. The first-order chi connectivity index (χ1) is 7.89. The Morgan fingerprint density at radius 2 is 1.88 bits per heavy atom. The molecular formula is C10H21N3O3S. The van der Waals surface area contributed by atoms with Crippen LogP contribution in [-0.4, -0.2) is 57.1 Å². The van der Waals surface area contributed by atoms with Crippen molar-refractivity contribution in [3.8, 4) is 0 Å². The molecule has 0 radical (unpaired) electrons. The molecule has 0 aromatic heterocycles. The van der Waals surface area contributed by atoms with Crippen LogP contribution in [0, 0.1) is 0 Å². The minimum atomic E-state index is -3.04. The first-order valence-electron chi connectivity index (χ1n) is 5.82. The number of rotatable bonds is 5. The SMILES string of the molecule is CC(=O)NCCNC1CCN(S(C)(=O)=O)CC1. The van der Waals surface area contributed by atoms with E-state index in [0.717, 1.165) is 19.4 Å². The molecule has 2 N–H and O–H groups in total. The summed E-state index contributed by atoms with van der Waals surface area (Å²) in [5, 5.41) is 6.02. The Bertz CT molecular complexity index is 348. The van der Waals surface area contributed by atoms with Crippen LogP contribution in [0.2, 0.25) is 0 Å². The van der Waals surface area contributed by atoms with Gasteiger partial charge in [-0.2, -0.15) is 0 Å². The van der Waals surface area contributed by atoms with E-state index in [9.17, 15) is 13.2 Å². The average Bonchev–Trinajstić information content (AvgIpc) is 2.23.